The molecule has 0 spiro atoms. The van der Waals surface area contributed by atoms with E-state index in [1.165, 1.54) is 0 Å². The highest BCUT2D eigenvalue weighted by molar-refractivity contribution is 6.33. The van der Waals surface area contributed by atoms with E-state index in [0.717, 1.165) is 24.1 Å². The van der Waals surface area contributed by atoms with E-state index in [2.05, 4.69) is 10.4 Å². The number of nitrogens with one attached hydrogen (secondary N) is 1. The molecule has 4 nitrogen and oxygen atoms in total. The standard InChI is InChI=1S/C14H14ClF2N3O/c1-20-8-9(7-19-20)3-2-4-18-14(21)10-5-12(16)13(17)6-11(10)15/h5-8H,2-4H2,1H3,(H,18,21). The highest BCUT2D eigenvalue weighted by Gasteiger charge is 2.14. The summed E-state index contributed by atoms with van der Waals surface area (Å²) in [4.78, 5) is 11.8. The molecule has 0 saturated carbocycles. The molecule has 1 heterocycles. The van der Waals surface area contributed by atoms with Crippen molar-refractivity contribution in [2.24, 2.45) is 7.05 Å². The molecule has 1 aromatic heterocycles. The molecule has 0 saturated heterocycles. The van der Waals surface area contributed by atoms with Crippen LogP contribution in [0.3, 0.4) is 0 Å². The van der Waals surface area contributed by atoms with Crippen molar-refractivity contribution in [3.05, 3.63) is 52.3 Å². The van der Waals surface area contributed by atoms with E-state index in [1.54, 1.807) is 10.9 Å². The molecule has 0 radical (unpaired) electrons. The van der Waals surface area contributed by atoms with Crippen LogP contribution < -0.4 is 5.32 Å². The summed E-state index contributed by atoms with van der Waals surface area (Å²) in [6.45, 7) is 0.406. The SMILES string of the molecule is Cn1cc(CCCNC(=O)c2cc(F)c(F)cc2Cl)cn1. The summed E-state index contributed by atoms with van der Waals surface area (Å²) in [5.41, 5.74) is 0.995. The fourth-order valence-corrected chi connectivity index (χ4v) is 2.12. The van der Waals surface area contributed by atoms with Crippen LogP contribution in [0, 0.1) is 11.6 Å². The fourth-order valence-electron chi connectivity index (χ4n) is 1.89. The van der Waals surface area contributed by atoms with Gasteiger partial charge in [0, 0.05) is 19.8 Å². The third-order valence-corrected chi connectivity index (χ3v) is 3.25. The van der Waals surface area contributed by atoms with E-state index in [1.807, 2.05) is 13.2 Å². The van der Waals surface area contributed by atoms with Crippen LogP contribution in [0.5, 0.6) is 0 Å². The second-order valence-corrected chi connectivity index (χ2v) is 5.04. The largest absolute Gasteiger partial charge is 0.352 e. The maximum absolute atomic E-state index is 13.1. The lowest BCUT2D eigenvalue weighted by molar-refractivity contribution is 0.0953. The highest BCUT2D eigenvalue weighted by Crippen LogP contribution is 2.19. The minimum Gasteiger partial charge on any atom is -0.352 e. The normalized spacial score (nSPS) is 10.7. The van der Waals surface area contributed by atoms with Crippen molar-refractivity contribution >= 4 is 17.5 Å². The third kappa shape index (κ3) is 4.01. The van der Waals surface area contributed by atoms with Gasteiger partial charge in [0.1, 0.15) is 0 Å². The summed E-state index contributed by atoms with van der Waals surface area (Å²) in [7, 11) is 1.83. The van der Waals surface area contributed by atoms with Crippen LogP contribution >= 0.6 is 11.6 Å². The first-order chi connectivity index (χ1) is 9.97. The van der Waals surface area contributed by atoms with E-state index in [4.69, 9.17) is 11.6 Å². The summed E-state index contributed by atoms with van der Waals surface area (Å²) in [5.74, 6) is -2.70. The Hall–Kier alpha value is -1.95. The Labute approximate surface area is 125 Å². The molecule has 0 bridgehead atoms. The molecule has 2 rings (SSSR count). The minimum absolute atomic E-state index is 0.0723. The molecule has 2 aromatic rings. The molecule has 1 N–H and O–H groups in total. The lowest BCUT2D eigenvalue weighted by atomic mass is 10.1. The molecule has 7 heteroatoms. The summed E-state index contributed by atoms with van der Waals surface area (Å²) in [5, 5.41) is 6.55. The van der Waals surface area contributed by atoms with E-state index in [9.17, 15) is 13.6 Å². The Morgan fingerprint density at radius 2 is 2.10 bits per heavy atom. The number of aromatic nitrogens is 2. The molecule has 1 aromatic carbocycles. The van der Waals surface area contributed by atoms with E-state index < -0.39 is 17.5 Å². The van der Waals surface area contributed by atoms with Crippen LogP contribution in [0.2, 0.25) is 5.02 Å². The van der Waals surface area contributed by atoms with Crippen LogP contribution in [0.4, 0.5) is 8.78 Å². The average molecular weight is 314 g/mol. The van der Waals surface area contributed by atoms with Gasteiger partial charge in [-0.1, -0.05) is 11.6 Å². The van der Waals surface area contributed by atoms with Crippen molar-refractivity contribution in [2.75, 3.05) is 6.54 Å². The molecule has 0 unspecified atom stereocenters. The number of benzene rings is 1. The third-order valence-electron chi connectivity index (χ3n) is 2.94. The van der Waals surface area contributed by atoms with Crippen LogP contribution in [0.25, 0.3) is 0 Å². The zero-order valence-electron chi connectivity index (χ0n) is 11.4. The number of halogens is 3. The minimum atomic E-state index is -1.10. The van der Waals surface area contributed by atoms with Crippen LogP contribution in [-0.4, -0.2) is 22.2 Å². The summed E-state index contributed by atoms with van der Waals surface area (Å²) < 4.78 is 27.7. The van der Waals surface area contributed by atoms with Crippen LogP contribution in [-0.2, 0) is 13.5 Å². The summed E-state index contributed by atoms with van der Waals surface area (Å²) in [6, 6.07) is 1.59. The van der Waals surface area contributed by atoms with Gasteiger partial charge in [-0.3, -0.25) is 9.48 Å². The zero-order valence-corrected chi connectivity index (χ0v) is 12.1. The predicted molar refractivity (Wildman–Crippen MR) is 75.2 cm³/mol. The number of carbonyl (C=O) groups is 1. The smallest absolute Gasteiger partial charge is 0.252 e. The van der Waals surface area contributed by atoms with Crippen molar-refractivity contribution in [3.8, 4) is 0 Å². The first kappa shape index (κ1) is 15.4. The van der Waals surface area contributed by atoms with Crippen molar-refractivity contribution in [2.45, 2.75) is 12.8 Å². The first-order valence-electron chi connectivity index (χ1n) is 6.37. The summed E-state index contributed by atoms with van der Waals surface area (Å²) >= 11 is 5.73. The van der Waals surface area contributed by atoms with E-state index in [-0.39, 0.29) is 10.6 Å². The maximum atomic E-state index is 13.1. The Kier molecular flexibility index (Phi) is 4.90. The summed E-state index contributed by atoms with van der Waals surface area (Å²) in [6.07, 6.45) is 5.13. The lowest BCUT2D eigenvalue weighted by Crippen LogP contribution is -2.25. The second kappa shape index (κ2) is 6.67. The van der Waals surface area contributed by atoms with Gasteiger partial charge in [-0.15, -0.1) is 0 Å². The molecule has 112 valence electrons. The molecular formula is C14H14ClF2N3O. The highest BCUT2D eigenvalue weighted by atomic mass is 35.5. The van der Waals surface area contributed by atoms with Gasteiger partial charge in [0.2, 0.25) is 0 Å². The number of hydrogen-bond donors (Lipinski definition) is 1. The average Bonchev–Trinajstić information content (AvgIpc) is 2.84. The van der Waals surface area contributed by atoms with Crippen molar-refractivity contribution in [3.63, 3.8) is 0 Å². The number of carbonyl (C=O) groups excluding carboxylic acids is 1. The van der Waals surface area contributed by atoms with Gasteiger partial charge in [0.25, 0.3) is 5.91 Å². The molecule has 0 aliphatic carbocycles. The van der Waals surface area contributed by atoms with Gasteiger partial charge < -0.3 is 5.32 Å². The number of nitrogens with zero attached hydrogens (tertiary/aromatic N) is 2. The molecule has 21 heavy (non-hydrogen) atoms. The van der Waals surface area contributed by atoms with Crippen LogP contribution in [0.15, 0.2) is 24.5 Å². The van der Waals surface area contributed by atoms with E-state index in [0.29, 0.717) is 13.0 Å². The first-order valence-corrected chi connectivity index (χ1v) is 6.75. The van der Waals surface area contributed by atoms with Gasteiger partial charge in [0.05, 0.1) is 16.8 Å². The lowest BCUT2D eigenvalue weighted by Gasteiger charge is -2.07. The molecule has 0 aliphatic rings. The van der Waals surface area contributed by atoms with Gasteiger partial charge >= 0.3 is 0 Å². The predicted octanol–water partition coefficient (Wildman–Crippen LogP) is 2.71. The molecule has 1 amide bonds. The zero-order chi connectivity index (χ0) is 15.4. The Morgan fingerprint density at radius 3 is 2.76 bits per heavy atom. The number of rotatable bonds is 5. The number of hydrogen-bond acceptors (Lipinski definition) is 2. The van der Waals surface area contributed by atoms with Gasteiger partial charge in [0.15, 0.2) is 11.6 Å². The van der Waals surface area contributed by atoms with E-state index >= 15 is 0 Å². The van der Waals surface area contributed by atoms with Gasteiger partial charge in [-0.25, -0.2) is 8.78 Å². The maximum Gasteiger partial charge on any atom is 0.252 e. The van der Waals surface area contributed by atoms with Crippen molar-refractivity contribution < 1.29 is 13.6 Å². The molecular weight excluding hydrogens is 300 g/mol. The Bertz CT molecular complexity index is 658. The van der Waals surface area contributed by atoms with Crippen molar-refractivity contribution in [1.29, 1.82) is 0 Å². The molecule has 0 aliphatic heterocycles. The second-order valence-electron chi connectivity index (χ2n) is 4.63. The van der Waals surface area contributed by atoms with Gasteiger partial charge in [-0.2, -0.15) is 5.10 Å². The number of aryl methyl sites for hydroxylation is 2. The Balaban J connectivity index is 1.86. The van der Waals surface area contributed by atoms with Crippen LogP contribution in [0.1, 0.15) is 22.3 Å². The number of amides is 1. The van der Waals surface area contributed by atoms with Crippen molar-refractivity contribution in [1.82, 2.24) is 15.1 Å². The topological polar surface area (TPSA) is 46.9 Å². The molecule has 0 atom stereocenters. The molecule has 0 fully saturated rings. The quantitative estimate of drug-likeness (QED) is 0.681. The Morgan fingerprint density at radius 1 is 1.38 bits per heavy atom. The monoisotopic (exact) mass is 313 g/mol. The fraction of sp³-hybridized carbons (Fsp3) is 0.286. The van der Waals surface area contributed by atoms with Gasteiger partial charge in [-0.05, 0) is 30.5 Å².